The van der Waals surface area contributed by atoms with Gasteiger partial charge in [-0.25, -0.2) is 14.7 Å². The Hall–Kier alpha value is -2.04. The molecule has 2 atom stereocenters. The molecule has 0 radical (unpaired) electrons. The normalized spacial score (nSPS) is 19.9. The van der Waals surface area contributed by atoms with Crippen molar-refractivity contribution in [3.63, 3.8) is 0 Å². The first-order chi connectivity index (χ1) is 14.1. The summed E-state index contributed by atoms with van der Waals surface area (Å²) in [5.41, 5.74) is 2.23. The average Bonchev–Trinajstić information content (AvgIpc) is 3.24. The number of ether oxygens (including phenoxy) is 2. The minimum absolute atomic E-state index is 0. The maximum Gasteiger partial charge on any atom is 0.191 e. The Kier molecular flexibility index (Phi) is 7.43. The van der Waals surface area contributed by atoms with E-state index in [2.05, 4.69) is 46.7 Å². The van der Waals surface area contributed by atoms with E-state index < -0.39 is 0 Å². The molecule has 8 nitrogen and oxygen atoms in total. The van der Waals surface area contributed by atoms with Gasteiger partial charge in [0.25, 0.3) is 0 Å². The zero-order valence-corrected chi connectivity index (χ0v) is 20.4. The van der Waals surface area contributed by atoms with Crippen LogP contribution in [0.15, 0.2) is 17.1 Å². The van der Waals surface area contributed by atoms with Gasteiger partial charge in [0.1, 0.15) is 29.3 Å². The number of methoxy groups -OCH3 is 1. The topological polar surface area (TPSA) is 85.6 Å². The molecule has 0 spiro atoms. The number of hydrogen-bond donors (Lipinski definition) is 2. The van der Waals surface area contributed by atoms with Gasteiger partial charge in [-0.2, -0.15) is 5.10 Å². The van der Waals surface area contributed by atoms with Crippen LogP contribution < -0.4 is 20.1 Å². The summed E-state index contributed by atoms with van der Waals surface area (Å²) in [4.78, 5) is 9.29. The third-order valence-corrected chi connectivity index (χ3v) is 5.36. The fraction of sp³-hybridized carbons (Fsp3) is 0.571. The minimum atomic E-state index is 0. The van der Waals surface area contributed by atoms with Crippen LogP contribution >= 0.6 is 24.0 Å². The highest BCUT2D eigenvalue weighted by molar-refractivity contribution is 14.0. The van der Waals surface area contributed by atoms with Crippen molar-refractivity contribution in [1.29, 1.82) is 0 Å². The second-order valence-electron chi connectivity index (χ2n) is 7.74. The molecular formula is C21H31IN6O2. The van der Waals surface area contributed by atoms with Crippen LogP contribution in [0.4, 0.5) is 0 Å². The molecule has 2 unspecified atom stereocenters. The molecule has 9 heteroatoms. The first-order valence-electron chi connectivity index (χ1n) is 10.4. The molecule has 0 saturated heterocycles. The van der Waals surface area contributed by atoms with Crippen molar-refractivity contribution in [1.82, 2.24) is 25.4 Å². The zero-order chi connectivity index (χ0) is 20.4. The highest BCUT2D eigenvalue weighted by atomic mass is 127. The van der Waals surface area contributed by atoms with E-state index in [9.17, 15) is 0 Å². The Labute approximate surface area is 194 Å². The Morgan fingerprint density at radius 1 is 1.40 bits per heavy atom. The third kappa shape index (κ3) is 4.98. The Morgan fingerprint density at radius 2 is 2.23 bits per heavy atom. The summed E-state index contributed by atoms with van der Waals surface area (Å²) < 4.78 is 13.5. The van der Waals surface area contributed by atoms with E-state index in [4.69, 9.17) is 14.5 Å². The number of benzene rings is 1. The van der Waals surface area contributed by atoms with Crippen LogP contribution in [0.3, 0.4) is 0 Å². The number of aliphatic imine (C=N–C) groups is 1. The number of guanidine groups is 1. The predicted molar refractivity (Wildman–Crippen MR) is 127 cm³/mol. The quantitative estimate of drug-likeness (QED) is 0.354. The van der Waals surface area contributed by atoms with E-state index in [0.717, 1.165) is 67.0 Å². The molecule has 0 amide bonds. The first-order valence-corrected chi connectivity index (χ1v) is 10.4. The molecule has 0 bridgehead atoms. The largest absolute Gasteiger partial charge is 0.496 e. The van der Waals surface area contributed by atoms with Crippen LogP contribution in [-0.4, -0.2) is 46.5 Å². The standard InChI is InChI=1S/C21H30N6O2.HI/c1-5-22-21(25-17-6-7-20-24-14(3)26-27(20)12-17)23-11-16-10-19-15(8-13(2)29-19)9-18(16)28-4;/h9-10,13,17H,5-8,11-12H2,1-4H3,(H2,22,23,25);1H. The summed E-state index contributed by atoms with van der Waals surface area (Å²) in [6.45, 7) is 8.21. The highest BCUT2D eigenvalue weighted by Crippen LogP contribution is 2.35. The summed E-state index contributed by atoms with van der Waals surface area (Å²) >= 11 is 0. The number of aromatic nitrogens is 3. The van der Waals surface area contributed by atoms with Gasteiger partial charge in [0.15, 0.2) is 5.96 Å². The third-order valence-electron chi connectivity index (χ3n) is 5.36. The summed E-state index contributed by atoms with van der Waals surface area (Å²) in [5, 5.41) is 11.4. The molecule has 4 rings (SSSR count). The molecule has 2 aromatic rings. The van der Waals surface area contributed by atoms with Gasteiger partial charge < -0.3 is 20.1 Å². The first kappa shape index (κ1) is 22.6. The van der Waals surface area contributed by atoms with Crippen LogP contribution in [0.1, 0.15) is 43.0 Å². The molecule has 3 heterocycles. The van der Waals surface area contributed by atoms with Crippen molar-refractivity contribution in [2.24, 2.45) is 4.99 Å². The van der Waals surface area contributed by atoms with Crippen LogP contribution in [0.5, 0.6) is 11.5 Å². The van der Waals surface area contributed by atoms with Crippen molar-refractivity contribution < 1.29 is 9.47 Å². The lowest BCUT2D eigenvalue weighted by molar-refractivity contribution is 0.254. The number of hydrogen-bond acceptors (Lipinski definition) is 5. The molecule has 2 N–H and O–H groups in total. The number of fused-ring (bicyclic) bond motifs is 2. The van der Waals surface area contributed by atoms with E-state index in [-0.39, 0.29) is 36.1 Å². The molecular weight excluding hydrogens is 495 g/mol. The number of rotatable bonds is 5. The SMILES string of the molecule is CCNC(=NCc1cc2c(cc1OC)CC(C)O2)NC1CCc2nc(C)nn2C1.I. The van der Waals surface area contributed by atoms with Gasteiger partial charge in [-0.05, 0) is 39.3 Å². The van der Waals surface area contributed by atoms with Gasteiger partial charge in [-0.15, -0.1) is 24.0 Å². The van der Waals surface area contributed by atoms with Gasteiger partial charge in [0.05, 0.1) is 20.2 Å². The summed E-state index contributed by atoms with van der Waals surface area (Å²) in [5.74, 6) is 4.51. The molecule has 0 fully saturated rings. The fourth-order valence-corrected chi connectivity index (χ4v) is 4.02. The molecule has 0 aliphatic carbocycles. The number of nitrogens with zero attached hydrogens (tertiary/aromatic N) is 4. The lowest BCUT2D eigenvalue weighted by atomic mass is 10.1. The van der Waals surface area contributed by atoms with Crippen LogP contribution in [0.25, 0.3) is 0 Å². The van der Waals surface area contributed by atoms with E-state index in [1.54, 1.807) is 7.11 Å². The molecule has 30 heavy (non-hydrogen) atoms. The second-order valence-corrected chi connectivity index (χ2v) is 7.74. The number of nitrogens with one attached hydrogen (secondary N) is 2. The summed E-state index contributed by atoms with van der Waals surface area (Å²) in [6.07, 6.45) is 3.07. The van der Waals surface area contributed by atoms with Crippen molar-refractivity contribution >= 4 is 29.9 Å². The highest BCUT2D eigenvalue weighted by Gasteiger charge is 2.23. The Morgan fingerprint density at radius 3 is 3.00 bits per heavy atom. The second kappa shape index (κ2) is 9.84. The van der Waals surface area contributed by atoms with Crippen molar-refractivity contribution in [3.8, 4) is 11.5 Å². The van der Waals surface area contributed by atoms with Gasteiger partial charge in [-0.1, -0.05) is 0 Å². The lowest BCUT2D eigenvalue weighted by Gasteiger charge is -2.25. The van der Waals surface area contributed by atoms with E-state index in [0.29, 0.717) is 6.54 Å². The molecule has 164 valence electrons. The maximum absolute atomic E-state index is 5.91. The molecule has 2 aliphatic rings. The number of aryl methyl sites for hydroxylation is 2. The van der Waals surface area contributed by atoms with E-state index >= 15 is 0 Å². The summed E-state index contributed by atoms with van der Waals surface area (Å²) in [6, 6.07) is 4.42. The van der Waals surface area contributed by atoms with Gasteiger partial charge in [0.2, 0.25) is 0 Å². The van der Waals surface area contributed by atoms with Crippen molar-refractivity contribution in [3.05, 3.63) is 34.9 Å². The minimum Gasteiger partial charge on any atom is -0.496 e. The van der Waals surface area contributed by atoms with E-state index in [1.807, 2.05) is 11.6 Å². The average molecular weight is 526 g/mol. The maximum atomic E-state index is 5.91. The predicted octanol–water partition coefficient (Wildman–Crippen LogP) is 2.61. The molecule has 2 aliphatic heterocycles. The van der Waals surface area contributed by atoms with Crippen molar-refractivity contribution in [2.75, 3.05) is 13.7 Å². The van der Waals surface area contributed by atoms with Gasteiger partial charge in [0, 0.05) is 36.6 Å². The Balaban J connectivity index is 0.00000256. The molecule has 1 aromatic heterocycles. The lowest BCUT2D eigenvalue weighted by Crippen LogP contribution is -2.47. The van der Waals surface area contributed by atoms with Crippen LogP contribution in [-0.2, 0) is 25.9 Å². The summed E-state index contributed by atoms with van der Waals surface area (Å²) in [7, 11) is 1.71. The monoisotopic (exact) mass is 526 g/mol. The molecule has 0 saturated carbocycles. The fourth-order valence-electron chi connectivity index (χ4n) is 4.02. The smallest absolute Gasteiger partial charge is 0.191 e. The van der Waals surface area contributed by atoms with Crippen molar-refractivity contribution in [2.45, 2.75) is 65.3 Å². The van der Waals surface area contributed by atoms with Crippen LogP contribution in [0.2, 0.25) is 0 Å². The van der Waals surface area contributed by atoms with Gasteiger partial charge >= 0.3 is 0 Å². The van der Waals surface area contributed by atoms with Gasteiger partial charge in [-0.3, -0.25) is 0 Å². The number of halogens is 1. The molecule has 1 aromatic carbocycles. The zero-order valence-electron chi connectivity index (χ0n) is 18.1. The Bertz CT molecular complexity index is 913. The van der Waals surface area contributed by atoms with Crippen LogP contribution in [0, 0.1) is 6.92 Å². The van der Waals surface area contributed by atoms with E-state index in [1.165, 1.54) is 5.56 Å².